The van der Waals surface area contributed by atoms with Crippen molar-refractivity contribution < 1.29 is 22.6 Å². The first-order chi connectivity index (χ1) is 5.91. The molecule has 0 amide bonds. The van der Waals surface area contributed by atoms with E-state index < -0.39 is 23.2 Å². The van der Waals surface area contributed by atoms with Gasteiger partial charge in [0.05, 0.1) is 11.2 Å². The van der Waals surface area contributed by atoms with Gasteiger partial charge in [-0.3, -0.25) is 0 Å². The molecule has 14 heavy (non-hydrogen) atoms. The molecular weight excluding hydrogens is 197 g/mol. The van der Waals surface area contributed by atoms with Gasteiger partial charge in [-0.1, -0.05) is 0 Å². The zero-order chi connectivity index (χ0) is 11.4. The van der Waals surface area contributed by atoms with Crippen molar-refractivity contribution >= 4 is 0 Å². The fourth-order valence-corrected chi connectivity index (χ4v) is 1.36. The average Bonchev–Trinajstić information content (AvgIpc) is 1.95. The Morgan fingerprint density at radius 2 is 1.07 bits per heavy atom. The molecule has 0 aliphatic carbocycles. The average molecular weight is 212 g/mol. The molecule has 0 saturated carbocycles. The second-order valence-electron chi connectivity index (χ2n) is 4.67. The highest BCUT2D eigenvalue weighted by molar-refractivity contribution is 5.00. The third kappa shape index (κ3) is 1.52. The lowest BCUT2D eigenvalue weighted by molar-refractivity contribution is -0.349. The molecule has 1 aliphatic rings. The number of rotatable bonds is 0. The number of hydrogen-bond donors (Lipinski definition) is 0. The molecule has 0 aromatic heterocycles. The van der Waals surface area contributed by atoms with Crippen LogP contribution in [-0.2, 0) is 9.47 Å². The molecule has 84 valence electrons. The van der Waals surface area contributed by atoms with E-state index in [0.29, 0.717) is 0 Å². The van der Waals surface area contributed by atoms with Crippen LogP contribution in [0.5, 0.6) is 0 Å². The Balaban J connectivity index is 3.03. The van der Waals surface area contributed by atoms with E-state index in [0.717, 1.165) is 6.92 Å². The fourth-order valence-electron chi connectivity index (χ4n) is 1.36. The van der Waals surface area contributed by atoms with Crippen LogP contribution in [0, 0.1) is 0 Å². The fraction of sp³-hybridized carbons (Fsp3) is 1.00. The maximum Gasteiger partial charge on any atom is 0.442 e. The van der Waals surface area contributed by atoms with Crippen LogP contribution in [0.3, 0.4) is 0 Å². The van der Waals surface area contributed by atoms with Gasteiger partial charge < -0.3 is 9.47 Å². The summed E-state index contributed by atoms with van der Waals surface area (Å²) in [5.41, 5.74) is -1.92. The Labute approximate surface area is 81.4 Å². The topological polar surface area (TPSA) is 18.5 Å². The molecule has 0 spiro atoms. The minimum absolute atomic E-state index is 0.906. The van der Waals surface area contributed by atoms with E-state index in [9.17, 15) is 13.2 Å². The van der Waals surface area contributed by atoms with E-state index >= 15 is 0 Å². The van der Waals surface area contributed by atoms with Crippen molar-refractivity contribution in [3.05, 3.63) is 0 Å². The Bertz CT molecular complexity index is 227. The smallest absolute Gasteiger partial charge is 0.334 e. The van der Waals surface area contributed by atoms with Crippen LogP contribution < -0.4 is 0 Å². The molecule has 1 rings (SSSR count). The van der Waals surface area contributed by atoms with Gasteiger partial charge in [-0.25, -0.2) is 0 Å². The van der Waals surface area contributed by atoms with Crippen molar-refractivity contribution in [3.8, 4) is 0 Å². The van der Waals surface area contributed by atoms with Gasteiger partial charge in [-0.15, -0.1) is 0 Å². The van der Waals surface area contributed by atoms with Gasteiger partial charge in [0.2, 0.25) is 0 Å². The molecule has 0 aromatic carbocycles. The predicted molar refractivity (Wildman–Crippen MR) is 44.8 cm³/mol. The van der Waals surface area contributed by atoms with Gasteiger partial charge in [0.15, 0.2) is 0 Å². The Morgan fingerprint density at radius 3 is 1.21 bits per heavy atom. The minimum atomic E-state index is -4.52. The van der Waals surface area contributed by atoms with Crippen molar-refractivity contribution in [2.45, 2.75) is 57.8 Å². The quantitative estimate of drug-likeness (QED) is 0.614. The summed E-state index contributed by atoms with van der Waals surface area (Å²) in [6, 6.07) is 0. The molecule has 0 radical (unpaired) electrons. The first-order valence-electron chi connectivity index (χ1n) is 4.38. The molecule has 5 heteroatoms. The summed E-state index contributed by atoms with van der Waals surface area (Å²) in [6.45, 7) is 7.26. The highest BCUT2D eigenvalue weighted by Crippen LogP contribution is 2.50. The highest BCUT2D eigenvalue weighted by Gasteiger charge is 2.66. The van der Waals surface area contributed by atoms with E-state index in [-0.39, 0.29) is 0 Å². The van der Waals surface area contributed by atoms with Gasteiger partial charge in [0, 0.05) is 0 Å². The molecule has 2 nitrogen and oxygen atoms in total. The van der Waals surface area contributed by atoms with Crippen LogP contribution in [0.15, 0.2) is 0 Å². The van der Waals surface area contributed by atoms with E-state index in [1.807, 2.05) is 0 Å². The maximum atomic E-state index is 12.6. The monoisotopic (exact) mass is 212 g/mol. The number of ether oxygens (including phenoxy) is 2. The predicted octanol–water partition coefficient (Wildman–Crippen LogP) is 2.87. The molecular formula is C9H15F3O2. The molecule has 0 unspecified atom stereocenters. The largest absolute Gasteiger partial charge is 0.442 e. The first-order valence-corrected chi connectivity index (χ1v) is 4.38. The van der Waals surface area contributed by atoms with Crippen molar-refractivity contribution in [3.63, 3.8) is 0 Å². The van der Waals surface area contributed by atoms with Gasteiger partial charge in [-0.05, 0) is 34.6 Å². The summed E-state index contributed by atoms with van der Waals surface area (Å²) in [7, 11) is 0. The molecule has 1 heterocycles. The molecule has 0 bridgehead atoms. The summed E-state index contributed by atoms with van der Waals surface area (Å²) in [6.07, 6.45) is -4.52. The second kappa shape index (κ2) is 2.64. The summed E-state index contributed by atoms with van der Waals surface area (Å²) < 4.78 is 47.7. The van der Waals surface area contributed by atoms with Gasteiger partial charge in [0.25, 0.3) is 5.79 Å². The van der Waals surface area contributed by atoms with Gasteiger partial charge in [0.1, 0.15) is 0 Å². The molecule has 0 atom stereocenters. The van der Waals surface area contributed by atoms with E-state index in [1.54, 1.807) is 27.7 Å². The van der Waals surface area contributed by atoms with Crippen molar-refractivity contribution in [1.82, 2.24) is 0 Å². The highest BCUT2D eigenvalue weighted by atomic mass is 19.4. The van der Waals surface area contributed by atoms with Crippen molar-refractivity contribution in [2.75, 3.05) is 0 Å². The van der Waals surface area contributed by atoms with Gasteiger partial charge in [-0.2, -0.15) is 13.2 Å². The standard InChI is InChI=1S/C9H15F3O2/c1-6(2)7(3,4)14-8(5,13-6)9(10,11)12/h1-5H3. The number of alkyl halides is 3. The van der Waals surface area contributed by atoms with E-state index in [4.69, 9.17) is 9.47 Å². The van der Waals surface area contributed by atoms with Crippen LogP contribution >= 0.6 is 0 Å². The molecule has 1 fully saturated rings. The normalized spacial score (nSPS) is 29.1. The zero-order valence-corrected chi connectivity index (χ0v) is 8.95. The van der Waals surface area contributed by atoms with Crippen LogP contribution in [0.4, 0.5) is 13.2 Å². The molecule has 0 aromatic rings. The van der Waals surface area contributed by atoms with Crippen molar-refractivity contribution in [1.29, 1.82) is 0 Å². The lowest BCUT2D eigenvalue weighted by atomic mass is 9.90. The third-order valence-corrected chi connectivity index (χ3v) is 2.86. The third-order valence-electron chi connectivity index (χ3n) is 2.86. The van der Waals surface area contributed by atoms with Crippen molar-refractivity contribution in [2.24, 2.45) is 0 Å². The molecule has 1 saturated heterocycles. The number of hydrogen-bond acceptors (Lipinski definition) is 2. The molecule has 1 aliphatic heterocycles. The Hall–Kier alpha value is -0.290. The van der Waals surface area contributed by atoms with Crippen LogP contribution in [0.25, 0.3) is 0 Å². The molecule has 0 N–H and O–H groups in total. The maximum absolute atomic E-state index is 12.6. The first kappa shape index (κ1) is 11.8. The minimum Gasteiger partial charge on any atom is -0.334 e. The SMILES string of the molecule is CC1(C)OC(C)(C(F)(F)F)OC1(C)C. The van der Waals surface area contributed by atoms with Gasteiger partial charge >= 0.3 is 6.18 Å². The second-order valence-corrected chi connectivity index (χ2v) is 4.67. The van der Waals surface area contributed by atoms with Crippen LogP contribution in [-0.4, -0.2) is 23.2 Å². The summed E-state index contributed by atoms with van der Waals surface area (Å²) in [5.74, 6) is -2.50. The lowest BCUT2D eigenvalue weighted by Gasteiger charge is -2.30. The summed E-state index contributed by atoms with van der Waals surface area (Å²) in [5, 5.41) is 0. The van der Waals surface area contributed by atoms with E-state index in [1.165, 1.54) is 0 Å². The van der Waals surface area contributed by atoms with Crippen LogP contribution in [0.2, 0.25) is 0 Å². The number of halogens is 3. The van der Waals surface area contributed by atoms with Crippen LogP contribution in [0.1, 0.15) is 34.6 Å². The Morgan fingerprint density at radius 1 is 0.786 bits per heavy atom. The lowest BCUT2D eigenvalue weighted by Crippen LogP contribution is -2.44. The zero-order valence-electron chi connectivity index (χ0n) is 8.95. The van der Waals surface area contributed by atoms with E-state index in [2.05, 4.69) is 0 Å². The summed E-state index contributed by atoms with van der Waals surface area (Å²) >= 11 is 0. The summed E-state index contributed by atoms with van der Waals surface area (Å²) in [4.78, 5) is 0. The Kier molecular flexibility index (Phi) is 2.22.